The first-order valence-corrected chi connectivity index (χ1v) is 8.59. The number of nitrogens with one attached hydrogen (secondary N) is 1. The SMILES string of the molecule is COCC(C)NC(N)=NCCC(=O)N1CCN(c2ccccn2)CC1.I. The molecule has 1 saturated heterocycles. The van der Waals surface area contributed by atoms with Gasteiger partial charge in [-0.3, -0.25) is 9.79 Å². The molecule has 0 spiro atoms. The number of halogens is 1. The lowest BCUT2D eigenvalue weighted by molar-refractivity contribution is -0.131. The summed E-state index contributed by atoms with van der Waals surface area (Å²) in [4.78, 5) is 24.9. The Bertz CT molecular complexity index is 564. The number of nitrogens with zero attached hydrogens (tertiary/aromatic N) is 4. The standard InChI is InChI=1S/C17H28N6O2.HI/c1-14(13-25-2)21-17(18)20-8-6-16(24)23-11-9-22(10-12-23)15-5-3-4-7-19-15;/h3-5,7,14H,6,8-13H2,1-2H3,(H3,18,20,21);1H. The first-order chi connectivity index (χ1) is 12.1. The van der Waals surface area contributed by atoms with Crippen LogP contribution in [0.4, 0.5) is 5.82 Å². The van der Waals surface area contributed by atoms with Gasteiger partial charge < -0.3 is 25.6 Å². The molecule has 1 aliphatic heterocycles. The molecule has 0 aliphatic carbocycles. The second-order valence-corrected chi connectivity index (χ2v) is 6.07. The van der Waals surface area contributed by atoms with Crippen molar-refractivity contribution in [2.24, 2.45) is 10.7 Å². The molecule has 1 fully saturated rings. The lowest BCUT2D eigenvalue weighted by Crippen LogP contribution is -2.49. The number of ether oxygens (including phenoxy) is 1. The summed E-state index contributed by atoms with van der Waals surface area (Å²) in [6.07, 6.45) is 2.15. The number of guanidine groups is 1. The van der Waals surface area contributed by atoms with Gasteiger partial charge in [-0.2, -0.15) is 0 Å². The van der Waals surface area contributed by atoms with Crippen molar-refractivity contribution in [3.63, 3.8) is 0 Å². The van der Waals surface area contributed by atoms with Crippen molar-refractivity contribution >= 4 is 41.7 Å². The van der Waals surface area contributed by atoms with Crippen LogP contribution in [0.15, 0.2) is 29.4 Å². The van der Waals surface area contributed by atoms with Crippen molar-refractivity contribution in [3.05, 3.63) is 24.4 Å². The van der Waals surface area contributed by atoms with Crippen LogP contribution in [-0.2, 0) is 9.53 Å². The van der Waals surface area contributed by atoms with E-state index in [2.05, 4.69) is 20.2 Å². The molecule has 1 aliphatic rings. The van der Waals surface area contributed by atoms with Gasteiger partial charge in [0.25, 0.3) is 0 Å². The number of methoxy groups -OCH3 is 1. The minimum atomic E-state index is 0. The van der Waals surface area contributed by atoms with Gasteiger partial charge in [-0.05, 0) is 19.1 Å². The van der Waals surface area contributed by atoms with Crippen molar-refractivity contribution < 1.29 is 9.53 Å². The molecule has 8 nitrogen and oxygen atoms in total. The maximum absolute atomic E-state index is 12.3. The molecule has 0 saturated carbocycles. The summed E-state index contributed by atoms with van der Waals surface area (Å²) in [6, 6.07) is 5.96. The van der Waals surface area contributed by atoms with Crippen LogP contribution in [0.1, 0.15) is 13.3 Å². The molecular weight excluding hydrogens is 447 g/mol. The molecule has 1 aromatic rings. The highest BCUT2D eigenvalue weighted by atomic mass is 127. The normalized spacial score (nSPS) is 16.0. The fourth-order valence-electron chi connectivity index (χ4n) is 2.75. The molecule has 2 heterocycles. The number of hydrogen-bond acceptors (Lipinski definition) is 5. The highest BCUT2D eigenvalue weighted by molar-refractivity contribution is 14.0. The Labute approximate surface area is 172 Å². The molecule has 26 heavy (non-hydrogen) atoms. The fourth-order valence-corrected chi connectivity index (χ4v) is 2.75. The number of nitrogens with two attached hydrogens (primary N) is 1. The zero-order chi connectivity index (χ0) is 18.1. The van der Waals surface area contributed by atoms with Crippen LogP contribution in [0.3, 0.4) is 0 Å². The van der Waals surface area contributed by atoms with Crippen LogP contribution in [-0.4, -0.2) is 74.2 Å². The minimum Gasteiger partial charge on any atom is -0.383 e. The minimum absolute atomic E-state index is 0. The van der Waals surface area contributed by atoms with E-state index in [0.717, 1.165) is 18.9 Å². The van der Waals surface area contributed by atoms with Crippen LogP contribution in [0, 0.1) is 0 Å². The van der Waals surface area contributed by atoms with E-state index >= 15 is 0 Å². The third kappa shape index (κ3) is 7.32. The summed E-state index contributed by atoms with van der Waals surface area (Å²) in [5.74, 6) is 1.42. The molecule has 0 radical (unpaired) electrons. The predicted molar refractivity (Wildman–Crippen MR) is 114 cm³/mol. The smallest absolute Gasteiger partial charge is 0.224 e. The van der Waals surface area contributed by atoms with Gasteiger partial charge in [0.2, 0.25) is 5.91 Å². The highest BCUT2D eigenvalue weighted by Crippen LogP contribution is 2.12. The Hall–Kier alpha value is -1.62. The van der Waals surface area contributed by atoms with Gasteiger partial charge in [-0.15, -0.1) is 24.0 Å². The fraction of sp³-hybridized carbons (Fsp3) is 0.588. The van der Waals surface area contributed by atoms with Crippen LogP contribution in [0.5, 0.6) is 0 Å². The van der Waals surface area contributed by atoms with E-state index in [0.29, 0.717) is 38.6 Å². The molecule has 1 aromatic heterocycles. The van der Waals surface area contributed by atoms with E-state index in [9.17, 15) is 4.79 Å². The number of rotatable bonds is 7. The predicted octanol–water partition coefficient (Wildman–Crippen LogP) is 0.678. The van der Waals surface area contributed by atoms with Crippen LogP contribution >= 0.6 is 24.0 Å². The summed E-state index contributed by atoms with van der Waals surface area (Å²) in [5.41, 5.74) is 5.80. The van der Waals surface area contributed by atoms with Crippen molar-refractivity contribution in [2.45, 2.75) is 19.4 Å². The van der Waals surface area contributed by atoms with Crippen LogP contribution in [0.25, 0.3) is 0 Å². The van der Waals surface area contributed by atoms with Gasteiger partial charge in [0.1, 0.15) is 5.82 Å². The van der Waals surface area contributed by atoms with Gasteiger partial charge in [0.05, 0.1) is 13.2 Å². The zero-order valence-corrected chi connectivity index (χ0v) is 17.8. The van der Waals surface area contributed by atoms with E-state index in [1.807, 2.05) is 30.0 Å². The Morgan fingerprint density at radius 2 is 2.12 bits per heavy atom. The molecule has 146 valence electrons. The van der Waals surface area contributed by atoms with Crippen molar-refractivity contribution in [1.82, 2.24) is 15.2 Å². The van der Waals surface area contributed by atoms with Gasteiger partial charge in [0.15, 0.2) is 5.96 Å². The van der Waals surface area contributed by atoms with Gasteiger partial charge in [-0.1, -0.05) is 6.07 Å². The number of aliphatic imine (C=N–C) groups is 1. The lowest BCUT2D eigenvalue weighted by atomic mass is 10.2. The maximum atomic E-state index is 12.3. The second-order valence-electron chi connectivity index (χ2n) is 6.07. The molecule has 0 aromatic carbocycles. The van der Waals surface area contributed by atoms with Crippen LogP contribution < -0.4 is 16.0 Å². The van der Waals surface area contributed by atoms with E-state index in [4.69, 9.17) is 10.5 Å². The molecule has 1 unspecified atom stereocenters. The molecule has 1 amide bonds. The number of anilines is 1. The molecule has 9 heteroatoms. The van der Waals surface area contributed by atoms with Crippen LogP contribution in [0.2, 0.25) is 0 Å². The summed E-state index contributed by atoms with van der Waals surface area (Å²) in [6.45, 7) is 5.90. The van der Waals surface area contributed by atoms with Gasteiger partial charge in [-0.25, -0.2) is 4.98 Å². The average Bonchev–Trinajstić information content (AvgIpc) is 2.62. The number of piperazine rings is 1. The number of carbonyl (C=O) groups excluding carboxylic acids is 1. The number of amides is 1. The first kappa shape index (κ1) is 22.4. The number of carbonyl (C=O) groups is 1. The van der Waals surface area contributed by atoms with Crippen molar-refractivity contribution in [1.29, 1.82) is 0 Å². The summed E-state index contributed by atoms with van der Waals surface area (Å²) in [5, 5.41) is 3.02. The van der Waals surface area contributed by atoms with E-state index < -0.39 is 0 Å². The topological polar surface area (TPSA) is 96.1 Å². The van der Waals surface area contributed by atoms with E-state index in [-0.39, 0.29) is 35.9 Å². The molecular formula is C17H29IN6O2. The second kappa shape index (κ2) is 11.9. The Kier molecular flexibility index (Phi) is 10.3. The quantitative estimate of drug-likeness (QED) is 0.342. The average molecular weight is 476 g/mol. The summed E-state index contributed by atoms with van der Waals surface area (Å²) in [7, 11) is 1.64. The maximum Gasteiger partial charge on any atom is 0.224 e. The Morgan fingerprint density at radius 3 is 2.73 bits per heavy atom. The van der Waals surface area contributed by atoms with E-state index in [1.165, 1.54) is 0 Å². The van der Waals surface area contributed by atoms with Gasteiger partial charge in [0, 0.05) is 51.9 Å². The number of hydrogen-bond donors (Lipinski definition) is 2. The first-order valence-electron chi connectivity index (χ1n) is 8.59. The third-order valence-corrected chi connectivity index (χ3v) is 4.02. The Morgan fingerprint density at radius 1 is 1.38 bits per heavy atom. The third-order valence-electron chi connectivity index (χ3n) is 4.02. The molecule has 0 bridgehead atoms. The van der Waals surface area contributed by atoms with E-state index in [1.54, 1.807) is 13.3 Å². The monoisotopic (exact) mass is 476 g/mol. The summed E-state index contributed by atoms with van der Waals surface area (Å²) >= 11 is 0. The zero-order valence-electron chi connectivity index (χ0n) is 15.4. The molecule has 1 atom stereocenters. The van der Waals surface area contributed by atoms with Crippen molar-refractivity contribution in [3.8, 4) is 0 Å². The van der Waals surface area contributed by atoms with Gasteiger partial charge >= 0.3 is 0 Å². The molecule has 2 rings (SSSR count). The number of aromatic nitrogens is 1. The molecule has 3 N–H and O–H groups in total. The summed E-state index contributed by atoms with van der Waals surface area (Å²) < 4.78 is 5.02. The lowest BCUT2D eigenvalue weighted by Gasteiger charge is -2.35. The number of pyridine rings is 1. The Balaban J connectivity index is 0.00000338. The van der Waals surface area contributed by atoms with Crippen molar-refractivity contribution in [2.75, 3.05) is 51.3 Å². The largest absolute Gasteiger partial charge is 0.383 e. The highest BCUT2D eigenvalue weighted by Gasteiger charge is 2.21.